The Bertz CT molecular complexity index is 888. The van der Waals surface area contributed by atoms with Crippen molar-refractivity contribution in [1.82, 2.24) is 15.8 Å². The number of fused-ring (bicyclic) bond motifs is 1. The lowest BCUT2D eigenvalue weighted by atomic mass is 10.1. The first-order valence-corrected chi connectivity index (χ1v) is 8.48. The van der Waals surface area contributed by atoms with Crippen molar-refractivity contribution >= 4 is 34.1 Å². The Labute approximate surface area is 143 Å². The molecule has 0 bridgehead atoms. The van der Waals surface area contributed by atoms with Crippen LogP contribution in [0.4, 0.5) is 0 Å². The number of rotatable bonds is 3. The quantitative estimate of drug-likeness (QED) is 0.719. The molecule has 24 heavy (non-hydrogen) atoms. The van der Waals surface area contributed by atoms with Gasteiger partial charge in [0.05, 0.1) is 21.7 Å². The number of nitrogens with zero attached hydrogens (tertiary/aromatic N) is 1. The lowest BCUT2D eigenvalue weighted by Gasteiger charge is -2.12. The Morgan fingerprint density at radius 3 is 2.58 bits per heavy atom. The normalized spacial score (nSPS) is 10.8. The number of hydrogen-bond donors (Lipinski definition) is 2. The van der Waals surface area contributed by atoms with Gasteiger partial charge in [0.2, 0.25) is 5.91 Å². The summed E-state index contributed by atoms with van der Waals surface area (Å²) in [6.45, 7) is 3.52. The minimum absolute atomic E-state index is 0.207. The van der Waals surface area contributed by atoms with Crippen molar-refractivity contribution < 1.29 is 9.59 Å². The molecule has 6 heteroatoms. The first-order valence-electron chi connectivity index (χ1n) is 7.60. The second-order valence-corrected chi connectivity index (χ2v) is 6.60. The summed E-state index contributed by atoms with van der Waals surface area (Å²) in [5.74, 6) is -0.804. The van der Waals surface area contributed by atoms with Crippen molar-refractivity contribution in [2.75, 3.05) is 0 Å². The molecule has 1 aromatic carbocycles. The van der Waals surface area contributed by atoms with Crippen LogP contribution in [0.25, 0.3) is 21.5 Å². The van der Waals surface area contributed by atoms with Gasteiger partial charge in [-0.1, -0.05) is 38.1 Å². The molecule has 0 saturated carbocycles. The number of benzene rings is 1. The Hall–Kier alpha value is -2.73. The summed E-state index contributed by atoms with van der Waals surface area (Å²) < 4.78 is 0. The number of carbonyl (C=O) groups excluding carboxylic acids is 2. The van der Waals surface area contributed by atoms with Crippen LogP contribution >= 0.6 is 11.3 Å². The molecule has 0 saturated heterocycles. The Kier molecular flexibility index (Phi) is 4.57. The highest BCUT2D eigenvalue weighted by molar-refractivity contribution is 7.13. The van der Waals surface area contributed by atoms with Crippen LogP contribution in [-0.2, 0) is 4.79 Å². The van der Waals surface area contributed by atoms with Gasteiger partial charge >= 0.3 is 0 Å². The summed E-state index contributed by atoms with van der Waals surface area (Å²) in [5, 5.41) is 2.71. The molecule has 0 aliphatic rings. The molecule has 0 unspecified atom stereocenters. The second-order valence-electron chi connectivity index (χ2n) is 5.65. The molecular weight excluding hydrogens is 322 g/mol. The first kappa shape index (κ1) is 16.1. The largest absolute Gasteiger partial charge is 0.273 e. The highest BCUT2D eigenvalue weighted by atomic mass is 32.1. The van der Waals surface area contributed by atoms with Crippen molar-refractivity contribution in [3.8, 4) is 10.6 Å². The highest BCUT2D eigenvalue weighted by Gasteiger charge is 2.15. The van der Waals surface area contributed by atoms with Crippen LogP contribution in [0, 0.1) is 5.92 Å². The molecule has 3 aromatic rings. The fourth-order valence-electron chi connectivity index (χ4n) is 2.24. The molecule has 5 nitrogen and oxygen atoms in total. The van der Waals surface area contributed by atoms with Crippen LogP contribution in [0.5, 0.6) is 0 Å². The number of amides is 2. The molecule has 3 rings (SSSR count). The molecule has 0 aliphatic carbocycles. The van der Waals surface area contributed by atoms with E-state index < -0.39 is 0 Å². The summed E-state index contributed by atoms with van der Waals surface area (Å²) in [7, 11) is 0. The monoisotopic (exact) mass is 339 g/mol. The third-order valence-electron chi connectivity index (χ3n) is 3.56. The molecule has 2 amide bonds. The molecule has 2 N–H and O–H groups in total. The van der Waals surface area contributed by atoms with Gasteiger partial charge in [-0.2, -0.15) is 0 Å². The van der Waals surface area contributed by atoms with Gasteiger partial charge in [-0.3, -0.25) is 20.4 Å². The number of nitrogens with one attached hydrogen (secondary N) is 2. The number of aromatic nitrogens is 1. The lowest BCUT2D eigenvalue weighted by molar-refractivity contribution is -0.124. The summed E-state index contributed by atoms with van der Waals surface area (Å²) in [6.07, 6.45) is 0. The Balaban J connectivity index is 1.99. The number of para-hydroxylation sites is 1. The van der Waals surface area contributed by atoms with E-state index in [-0.39, 0.29) is 17.7 Å². The van der Waals surface area contributed by atoms with Crippen LogP contribution in [0.3, 0.4) is 0 Å². The smallest absolute Gasteiger partial charge is 0.270 e. The number of carbonyl (C=O) groups is 2. The zero-order valence-electron chi connectivity index (χ0n) is 13.4. The first-order chi connectivity index (χ1) is 11.6. The van der Waals surface area contributed by atoms with Gasteiger partial charge in [-0.15, -0.1) is 11.3 Å². The number of thiophene rings is 1. The van der Waals surface area contributed by atoms with E-state index in [1.165, 1.54) is 0 Å². The molecule has 0 spiro atoms. The van der Waals surface area contributed by atoms with Gasteiger partial charge in [0.15, 0.2) is 0 Å². The maximum Gasteiger partial charge on any atom is 0.270 e. The molecule has 0 aliphatic heterocycles. The van der Waals surface area contributed by atoms with Crippen molar-refractivity contribution in [1.29, 1.82) is 0 Å². The van der Waals surface area contributed by atoms with E-state index in [9.17, 15) is 9.59 Å². The summed E-state index contributed by atoms with van der Waals surface area (Å²) >= 11 is 1.56. The van der Waals surface area contributed by atoms with Crippen LogP contribution in [-0.4, -0.2) is 16.8 Å². The van der Waals surface area contributed by atoms with E-state index in [1.54, 1.807) is 31.3 Å². The van der Waals surface area contributed by atoms with Gasteiger partial charge in [-0.05, 0) is 23.6 Å². The van der Waals surface area contributed by atoms with Crippen LogP contribution in [0.15, 0.2) is 47.8 Å². The number of hydrazine groups is 1. The standard InChI is InChI=1S/C18H17N3O2S/c1-11(2)17(22)20-21-18(23)13-10-15(16-8-5-9-24-16)19-14-7-4-3-6-12(13)14/h3-11H,1-2H3,(H,20,22)(H,21,23). The van der Waals surface area contributed by atoms with Gasteiger partial charge in [0, 0.05) is 11.3 Å². The van der Waals surface area contributed by atoms with E-state index in [0.717, 1.165) is 21.5 Å². The Morgan fingerprint density at radius 2 is 1.88 bits per heavy atom. The van der Waals surface area contributed by atoms with Crippen LogP contribution < -0.4 is 10.9 Å². The molecule has 0 radical (unpaired) electrons. The van der Waals surface area contributed by atoms with Crippen LogP contribution in [0.2, 0.25) is 0 Å². The SMILES string of the molecule is CC(C)C(=O)NNC(=O)c1cc(-c2cccs2)nc2ccccc12. The van der Waals surface area contributed by atoms with Gasteiger partial charge < -0.3 is 0 Å². The van der Waals surface area contributed by atoms with Crippen molar-refractivity contribution in [2.45, 2.75) is 13.8 Å². The fourth-order valence-corrected chi connectivity index (χ4v) is 2.93. The average Bonchev–Trinajstić information content (AvgIpc) is 3.12. The summed E-state index contributed by atoms with van der Waals surface area (Å²) in [4.78, 5) is 29.8. The third kappa shape index (κ3) is 3.28. The molecular formula is C18H17N3O2S. The van der Waals surface area contributed by atoms with E-state index in [0.29, 0.717) is 5.56 Å². The Morgan fingerprint density at radius 1 is 1.08 bits per heavy atom. The zero-order valence-corrected chi connectivity index (χ0v) is 14.2. The second kappa shape index (κ2) is 6.80. The summed E-state index contributed by atoms with van der Waals surface area (Å²) in [5.41, 5.74) is 6.88. The lowest BCUT2D eigenvalue weighted by Crippen LogP contribution is -2.43. The van der Waals surface area contributed by atoms with Crippen molar-refractivity contribution in [3.05, 3.63) is 53.4 Å². The van der Waals surface area contributed by atoms with E-state index in [2.05, 4.69) is 15.8 Å². The molecule has 122 valence electrons. The minimum Gasteiger partial charge on any atom is -0.273 e. The van der Waals surface area contributed by atoms with E-state index >= 15 is 0 Å². The molecule has 0 fully saturated rings. The van der Waals surface area contributed by atoms with Gasteiger partial charge in [0.25, 0.3) is 5.91 Å². The number of pyridine rings is 1. The van der Waals surface area contributed by atoms with Crippen LogP contribution in [0.1, 0.15) is 24.2 Å². The zero-order chi connectivity index (χ0) is 17.1. The minimum atomic E-state index is -0.361. The van der Waals surface area contributed by atoms with Crippen molar-refractivity contribution in [2.24, 2.45) is 5.92 Å². The fraction of sp³-hybridized carbons (Fsp3) is 0.167. The van der Waals surface area contributed by atoms with Gasteiger partial charge in [-0.25, -0.2) is 4.98 Å². The number of hydrogen-bond acceptors (Lipinski definition) is 4. The maximum absolute atomic E-state index is 12.6. The van der Waals surface area contributed by atoms with E-state index in [4.69, 9.17) is 0 Å². The summed E-state index contributed by atoms with van der Waals surface area (Å²) in [6, 6.07) is 13.1. The average molecular weight is 339 g/mol. The van der Waals surface area contributed by atoms with E-state index in [1.807, 2.05) is 41.8 Å². The van der Waals surface area contributed by atoms with Crippen molar-refractivity contribution in [3.63, 3.8) is 0 Å². The third-order valence-corrected chi connectivity index (χ3v) is 4.45. The maximum atomic E-state index is 12.6. The predicted molar refractivity (Wildman–Crippen MR) is 95.5 cm³/mol. The predicted octanol–water partition coefficient (Wildman–Crippen LogP) is 3.38. The topological polar surface area (TPSA) is 71.1 Å². The highest BCUT2D eigenvalue weighted by Crippen LogP contribution is 2.27. The van der Waals surface area contributed by atoms with Gasteiger partial charge in [0.1, 0.15) is 0 Å². The molecule has 0 atom stereocenters. The molecule has 2 heterocycles. The molecule has 2 aromatic heterocycles.